The summed E-state index contributed by atoms with van der Waals surface area (Å²) in [7, 11) is 0. The Morgan fingerprint density at radius 3 is 2.26 bits per heavy atom. The third-order valence-electron chi connectivity index (χ3n) is 7.55. The molecular weight excluding hydrogens is 553 g/mol. The molecule has 4 aromatic rings. The molecule has 1 aromatic heterocycles. The maximum atomic E-state index is 15.7. The van der Waals surface area contributed by atoms with E-state index in [2.05, 4.69) is 5.32 Å². The number of benzene rings is 3. The molecule has 0 unspecified atom stereocenters. The maximum absolute atomic E-state index is 15.7. The first kappa shape index (κ1) is 29.2. The number of carbonyl (C=O) groups is 1. The summed E-state index contributed by atoms with van der Waals surface area (Å²) in [6.45, 7) is 5.30. The van der Waals surface area contributed by atoms with Gasteiger partial charge >= 0.3 is 12.2 Å². The Bertz CT molecular complexity index is 1610. The first-order valence-corrected chi connectivity index (χ1v) is 13.7. The summed E-state index contributed by atoms with van der Waals surface area (Å²) in [5.74, 6) is -1.63. The molecule has 0 atom stereocenters. The van der Waals surface area contributed by atoms with Gasteiger partial charge in [0.2, 0.25) is 0 Å². The quantitative estimate of drug-likeness (QED) is 0.230. The molecule has 2 heterocycles. The third-order valence-corrected chi connectivity index (χ3v) is 7.55. The maximum Gasteiger partial charge on any atom is 0.416 e. The van der Waals surface area contributed by atoms with Crippen LogP contribution in [-0.4, -0.2) is 27.3 Å². The summed E-state index contributed by atoms with van der Waals surface area (Å²) in [5, 5.41) is 7.02. The van der Waals surface area contributed by atoms with Gasteiger partial charge in [-0.15, -0.1) is 0 Å². The van der Waals surface area contributed by atoms with Crippen molar-refractivity contribution in [1.82, 2.24) is 14.7 Å². The molecule has 1 aliphatic rings. The number of nitrogens with one attached hydrogen (secondary N) is 1. The number of hydrogen-bond donors (Lipinski definition) is 2. The summed E-state index contributed by atoms with van der Waals surface area (Å²) in [4.78, 5) is 13.4. The fourth-order valence-corrected chi connectivity index (χ4v) is 5.50. The number of primary amides is 1. The zero-order valence-electron chi connectivity index (χ0n) is 23.2. The Morgan fingerprint density at radius 2 is 1.67 bits per heavy atom. The number of fused-ring (bicyclic) bond motifs is 1. The zero-order chi connectivity index (χ0) is 30.2. The van der Waals surface area contributed by atoms with Crippen molar-refractivity contribution in [3.63, 3.8) is 0 Å². The highest BCUT2D eigenvalue weighted by molar-refractivity contribution is 5.88. The van der Waals surface area contributed by atoms with Crippen LogP contribution >= 0.6 is 0 Å². The minimum absolute atomic E-state index is 0.0272. The standard InChI is InChI=1S/C31H30F5N5O/c1-3-19-6-5-7-20(4-2)28(19)41-29(22-14-25(33)27(15-24(22)32)38-30(37)42)23-17-40(13-12-26(23)39-41)16-18-8-10-21(11-9-18)31(34,35)36/h5-11,14-15H,3-4,12-13,16-17H2,1-2H3,(H3,37,38,42). The van der Waals surface area contributed by atoms with Crippen LogP contribution in [0.1, 0.15) is 47.4 Å². The second kappa shape index (κ2) is 11.6. The van der Waals surface area contributed by atoms with Crippen molar-refractivity contribution in [3.8, 4) is 16.9 Å². The average Bonchev–Trinajstić information content (AvgIpc) is 3.32. The van der Waals surface area contributed by atoms with E-state index in [1.54, 1.807) is 4.68 Å². The Morgan fingerprint density at radius 1 is 1.00 bits per heavy atom. The molecule has 0 saturated carbocycles. The van der Waals surface area contributed by atoms with Crippen molar-refractivity contribution < 1.29 is 26.7 Å². The highest BCUT2D eigenvalue weighted by atomic mass is 19.4. The molecule has 6 nitrogen and oxygen atoms in total. The molecule has 42 heavy (non-hydrogen) atoms. The van der Waals surface area contributed by atoms with E-state index in [1.165, 1.54) is 12.1 Å². The lowest BCUT2D eigenvalue weighted by molar-refractivity contribution is -0.137. The Balaban J connectivity index is 1.62. The summed E-state index contributed by atoms with van der Waals surface area (Å²) in [6, 6.07) is 11.8. The minimum Gasteiger partial charge on any atom is -0.351 e. The van der Waals surface area contributed by atoms with E-state index in [4.69, 9.17) is 10.8 Å². The SMILES string of the molecule is CCc1cccc(CC)c1-n1nc2c(c1-c1cc(F)c(NC(N)=O)cc1F)CN(Cc1ccc(C(F)(F)F)cc1)CC2. The van der Waals surface area contributed by atoms with Gasteiger partial charge in [-0.3, -0.25) is 4.90 Å². The van der Waals surface area contributed by atoms with Gasteiger partial charge in [-0.05, 0) is 47.7 Å². The average molecular weight is 584 g/mol. The van der Waals surface area contributed by atoms with Crippen LogP contribution in [0.25, 0.3) is 16.9 Å². The molecule has 2 amide bonds. The Hall–Kier alpha value is -4.25. The number of rotatable bonds is 7. The zero-order valence-corrected chi connectivity index (χ0v) is 23.2. The van der Waals surface area contributed by atoms with Gasteiger partial charge < -0.3 is 11.1 Å². The Labute approximate surface area is 239 Å². The van der Waals surface area contributed by atoms with Crippen molar-refractivity contribution in [2.45, 2.75) is 52.4 Å². The van der Waals surface area contributed by atoms with E-state index >= 15 is 8.78 Å². The molecule has 3 N–H and O–H groups in total. The van der Waals surface area contributed by atoms with Crippen molar-refractivity contribution in [1.29, 1.82) is 0 Å². The minimum atomic E-state index is -4.42. The molecule has 0 aliphatic carbocycles. The van der Waals surface area contributed by atoms with E-state index in [-0.39, 0.29) is 11.3 Å². The molecule has 1 aliphatic heterocycles. The van der Waals surface area contributed by atoms with Crippen molar-refractivity contribution in [2.24, 2.45) is 5.73 Å². The summed E-state index contributed by atoms with van der Waals surface area (Å²) < 4.78 is 71.7. The van der Waals surface area contributed by atoms with Crippen molar-refractivity contribution in [3.05, 3.63) is 99.7 Å². The van der Waals surface area contributed by atoms with Crippen molar-refractivity contribution in [2.75, 3.05) is 11.9 Å². The lowest BCUT2D eigenvalue weighted by atomic mass is 9.98. The first-order valence-electron chi connectivity index (χ1n) is 13.7. The summed E-state index contributed by atoms with van der Waals surface area (Å²) in [6.07, 6.45) is -2.54. The normalized spacial score (nSPS) is 13.7. The predicted octanol–water partition coefficient (Wildman–Crippen LogP) is 7.01. The number of halogens is 5. The smallest absolute Gasteiger partial charge is 0.351 e. The van der Waals surface area contributed by atoms with Crippen LogP contribution in [-0.2, 0) is 38.5 Å². The van der Waals surface area contributed by atoms with Gasteiger partial charge in [0, 0.05) is 43.2 Å². The number of aryl methyl sites for hydroxylation is 2. The van der Waals surface area contributed by atoms with E-state index in [0.29, 0.717) is 55.7 Å². The number of urea groups is 1. The van der Waals surface area contributed by atoms with Crippen LogP contribution in [0.4, 0.5) is 32.4 Å². The van der Waals surface area contributed by atoms with E-state index < -0.39 is 29.4 Å². The molecule has 0 saturated heterocycles. The van der Waals surface area contributed by atoms with Gasteiger partial charge in [-0.25, -0.2) is 18.3 Å². The number of aromatic nitrogens is 2. The van der Waals surface area contributed by atoms with Crippen LogP contribution in [0.3, 0.4) is 0 Å². The number of alkyl halides is 3. The predicted molar refractivity (Wildman–Crippen MR) is 150 cm³/mol. The van der Waals surface area contributed by atoms with E-state index in [9.17, 15) is 18.0 Å². The second-order valence-electron chi connectivity index (χ2n) is 10.3. The number of hydrogen-bond acceptors (Lipinski definition) is 3. The number of para-hydroxylation sites is 1. The Kier molecular flexibility index (Phi) is 8.05. The largest absolute Gasteiger partial charge is 0.416 e. The van der Waals surface area contributed by atoms with Crippen LogP contribution in [0.5, 0.6) is 0 Å². The van der Waals surface area contributed by atoms with Gasteiger partial charge in [-0.2, -0.15) is 18.3 Å². The van der Waals surface area contributed by atoms with Gasteiger partial charge in [0.1, 0.15) is 11.6 Å². The van der Waals surface area contributed by atoms with Gasteiger partial charge in [-0.1, -0.05) is 44.2 Å². The van der Waals surface area contributed by atoms with Crippen molar-refractivity contribution >= 4 is 11.7 Å². The lowest BCUT2D eigenvalue weighted by Gasteiger charge is -2.27. The highest BCUT2D eigenvalue weighted by Crippen LogP contribution is 2.38. The molecule has 5 rings (SSSR count). The van der Waals surface area contributed by atoms with Gasteiger partial charge in [0.25, 0.3) is 0 Å². The third kappa shape index (κ3) is 5.74. The monoisotopic (exact) mass is 583 g/mol. The van der Waals surface area contributed by atoms with Gasteiger partial charge in [0.15, 0.2) is 0 Å². The van der Waals surface area contributed by atoms with E-state index in [1.807, 2.05) is 36.9 Å². The van der Waals surface area contributed by atoms with Crippen LogP contribution < -0.4 is 11.1 Å². The molecule has 3 aromatic carbocycles. The molecule has 220 valence electrons. The molecular formula is C31H30F5N5O. The summed E-state index contributed by atoms with van der Waals surface area (Å²) in [5.41, 5.74) is 9.31. The number of carbonyl (C=O) groups excluding carboxylic acids is 1. The fourth-order valence-electron chi connectivity index (χ4n) is 5.50. The molecule has 0 spiro atoms. The number of amides is 2. The molecule has 0 radical (unpaired) electrons. The van der Waals surface area contributed by atoms with Crippen LogP contribution in [0, 0.1) is 11.6 Å². The molecule has 0 bridgehead atoms. The first-order chi connectivity index (χ1) is 20.0. The number of anilines is 1. The number of nitrogens with two attached hydrogens (primary N) is 1. The second-order valence-corrected chi connectivity index (χ2v) is 10.3. The topological polar surface area (TPSA) is 76.2 Å². The van der Waals surface area contributed by atoms with Crippen LogP contribution in [0.2, 0.25) is 0 Å². The lowest BCUT2D eigenvalue weighted by Crippen LogP contribution is -2.30. The molecule has 0 fully saturated rings. The van der Waals surface area contributed by atoms with Crippen LogP contribution in [0.15, 0.2) is 54.6 Å². The highest BCUT2D eigenvalue weighted by Gasteiger charge is 2.31. The number of nitrogens with zero attached hydrogens (tertiary/aromatic N) is 3. The summed E-state index contributed by atoms with van der Waals surface area (Å²) >= 11 is 0. The molecule has 11 heteroatoms. The van der Waals surface area contributed by atoms with Gasteiger partial charge in [0.05, 0.1) is 28.3 Å². The van der Waals surface area contributed by atoms with E-state index in [0.717, 1.165) is 46.8 Å². The fraction of sp³-hybridized carbons (Fsp3) is 0.290.